The number of rotatable bonds is 0. The maximum Gasteiger partial charge on any atom is 0.261 e. The molecular weight excluding hydrogens is 286 g/mol. The largest absolute Gasteiger partial charge is 0.454 e. The standard InChI is InChI=1S/C16H15NO5/c1-7(18)17-10-2-3-11-15(22-11)14(10)8-4-12-13(21-6-20-12)5-9(8)16(17)19/h4-5,10-11,14-15H,2-3,6H2,1H3/t10-,11-,14+,15-/m0/s1. The summed E-state index contributed by atoms with van der Waals surface area (Å²) in [6, 6.07) is 3.49. The molecule has 6 heteroatoms. The molecule has 0 aromatic heterocycles. The fourth-order valence-corrected chi connectivity index (χ4v) is 4.19. The highest BCUT2D eigenvalue weighted by Gasteiger charge is 2.57. The predicted molar refractivity (Wildman–Crippen MR) is 73.8 cm³/mol. The van der Waals surface area contributed by atoms with E-state index in [2.05, 4.69) is 0 Å². The molecule has 22 heavy (non-hydrogen) atoms. The third-order valence-corrected chi connectivity index (χ3v) is 5.16. The normalized spacial score (nSPS) is 33.9. The zero-order valence-electron chi connectivity index (χ0n) is 12.1. The second-order valence-electron chi connectivity index (χ2n) is 6.30. The molecule has 1 aromatic carbocycles. The second-order valence-corrected chi connectivity index (χ2v) is 6.30. The van der Waals surface area contributed by atoms with Crippen LogP contribution in [0.5, 0.6) is 11.5 Å². The lowest BCUT2D eigenvalue weighted by molar-refractivity contribution is -0.129. The average molecular weight is 301 g/mol. The van der Waals surface area contributed by atoms with Crippen molar-refractivity contribution in [2.24, 2.45) is 0 Å². The molecule has 1 aliphatic carbocycles. The summed E-state index contributed by atoms with van der Waals surface area (Å²) in [7, 11) is 0. The van der Waals surface area contributed by atoms with Gasteiger partial charge in [0.2, 0.25) is 12.7 Å². The van der Waals surface area contributed by atoms with Crippen LogP contribution in [0, 0.1) is 0 Å². The van der Waals surface area contributed by atoms with Crippen LogP contribution in [0.4, 0.5) is 0 Å². The van der Waals surface area contributed by atoms with E-state index >= 15 is 0 Å². The van der Waals surface area contributed by atoms with Crippen molar-refractivity contribution in [1.82, 2.24) is 4.90 Å². The van der Waals surface area contributed by atoms with Crippen LogP contribution < -0.4 is 9.47 Å². The molecule has 4 aliphatic rings. The Hall–Kier alpha value is -2.08. The smallest absolute Gasteiger partial charge is 0.261 e. The summed E-state index contributed by atoms with van der Waals surface area (Å²) in [5, 5.41) is 0. The van der Waals surface area contributed by atoms with Gasteiger partial charge in [-0.05, 0) is 30.5 Å². The molecule has 0 radical (unpaired) electrons. The van der Waals surface area contributed by atoms with Gasteiger partial charge in [0.1, 0.15) is 0 Å². The Bertz CT molecular complexity index is 715. The number of carbonyl (C=O) groups excluding carboxylic acids is 2. The van der Waals surface area contributed by atoms with Gasteiger partial charge in [0, 0.05) is 24.4 Å². The molecule has 114 valence electrons. The maximum atomic E-state index is 12.8. The van der Waals surface area contributed by atoms with Gasteiger partial charge in [0.25, 0.3) is 5.91 Å². The maximum absolute atomic E-state index is 12.8. The lowest BCUT2D eigenvalue weighted by Crippen LogP contribution is -2.53. The zero-order valence-corrected chi connectivity index (χ0v) is 12.1. The highest BCUT2D eigenvalue weighted by atomic mass is 16.7. The first-order valence-electron chi connectivity index (χ1n) is 7.58. The van der Waals surface area contributed by atoms with E-state index in [0.717, 1.165) is 18.4 Å². The Morgan fingerprint density at radius 3 is 2.77 bits per heavy atom. The van der Waals surface area contributed by atoms with Crippen LogP contribution in [0.25, 0.3) is 0 Å². The molecule has 2 amide bonds. The summed E-state index contributed by atoms with van der Waals surface area (Å²) in [6.07, 6.45) is 2.07. The number of fused-ring (bicyclic) bond motifs is 6. The van der Waals surface area contributed by atoms with Crippen LogP contribution in [0.15, 0.2) is 12.1 Å². The molecule has 0 N–H and O–H groups in total. The summed E-state index contributed by atoms with van der Waals surface area (Å²) >= 11 is 0. The van der Waals surface area contributed by atoms with Crippen molar-refractivity contribution in [3.8, 4) is 11.5 Å². The van der Waals surface area contributed by atoms with Gasteiger partial charge < -0.3 is 14.2 Å². The Morgan fingerprint density at radius 1 is 1.23 bits per heavy atom. The van der Waals surface area contributed by atoms with Crippen molar-refractivity contribution in [1.29, 1.82) is 0 Å². The molecule has 3 aliphatic heterocycles. The van der Waals surface area contributed by atoms with Crippen LogP contribution >= 0.6 is 0 Å². The van der Waals surface area contributed by atoms with Crippen molar-refractivity contribution in [3.05, 3.63) is 23.3 Å². The molecule has 1 saturated carbocycles. The van der Waals surface area contributed by atoms with Gasteiger partial charge in [-0.15, -0.1) is 0 Å². The van der Waals surface area contributed by atoms with Crippen molar-refractivity contribution >= 4 is 11.8 Å². The lowest BCUT2D eigenvalue weighted by atomic mass is 9.74. The second kappa shape index (κ2) is 4.01. The van der Waals surface area contributed by atoms with Gasteiger partial charge in [0.05, 0.1) is 12.2 Å². The van der Waals surface area contributed by atoms with Gasteiger partial charge in [-0.2, -0.15) is 0 Å². The number of benzene rings is 1. The molecule has 2 fully saturated rings. The van der Waals surface area contributed by atoms with E-state index in [0.29, 0.717) is 17.1 Å². The highest BCUT2D eigenvalue weighted by Crippen LogP contribution is 2.52. The lowest BCUT2D eigenvalue weighted by Gasteiger charge is -2.41. The quantitative estimate of drug-likeness (QED) is 0.678. The number of nitrogens with zero attached hydrogens (tertiary/aromatic N) is 1. The fourth-order valence-electron chi connectivity index (χ4n) is 4.19. The molecular formula is C16H15NO5. The Morgan fingerprint density at radius 2 is 2.00 bits per heavy atom. The van der Waals surface area contributed by atoms with Gasteiger partial charge in [0.15, 0.2) is 11.5 Å². The number of imide groups is 1. The van der Waals surface area contributed by atoms with Crippen LogP contribution in [0.1, 0.15) is 41.6 Å². The SMILES string of the molecule is CC(=O)N1C(=O)c2cc3c(cc2[C@H]2[C@H]4O[C@H]4CC[C@@H]21)OCO3. The summed E-state index contributed by atoms with van der Waals surface area (Å²) < 4.78 is 16.6. The Kier molecular flexibility index (Phi) is 2.27. The molecule has 0 bridgehead atoms. The third kappa shape index (κ3) is 1.48. The molecule has 0 spiro atoms. The van der Waals surface area contributed by atoms with E-state index in [9.17, 15) is 9.59 Å². The highest BCUT2D eigenvalue weighted by molar-refractivity contribution is 6.07. The van der Waals surface area contributed by atoms with E-state index in [1.54, 1.807) is 6.07 Å². The van der Waals surface area contributed by atoms with Gasteiger partial charge >= 0.3 is 0 Å². The minimum Gasteiger partial charge on any atom is -0.454 e. The molecule has 1 aromatic rings. The number of hydrogen-bond donors (Lipinski definition) is 0. The fraction of sp³-hybridized carbons (Fsp3) is 0.500. The van der Waals surface area contributed by atoms with Crippen molar-refractivity contribution in [2.75, 3.05) is 6.79 Å². The van der Waals surface area contributed by atoms with E-state index in [1.807, 2.05) is 6.07 Å². The van der Waals surface area contributed by atoms with Crippen molar-refractivity contribution in [2.45, 2.75) is 43.9 Å². The van der Waals surface area contributed by atoms with E-state index < -0.39 is 0 Å². The molecule has 0 unspecified atom stereocenters. The van der Waals surface area contributed by atoms with Crippen LogP contribution in [-0.2, 0) is 9.53 Å². The monoisotopic (exact) mass is 301 g/mol. The van der Waals surface area contributed by atoms with Gasteiger partial charge in [-0.1, -0.05) is 0 Å². The Balaban J connectivity index is 1.71. The molecule has 3 heterocycles. The summed E-state index contributed by atoms with van der Waals surface area (Å²) in [5.41, 5.74) is 1.47. The first-order chi connectivity index (χ1) is 10.6. The summed E-state index contributed by atoms with van der Waals surface area (Å²) in [5.74, 6) is 0.843. The number of carbonyl (C=O) groups is 2. The average Bonchev–Trinajstić information content (AvgIpc) is 3.14. The predicted octanol–water partition coefficient (Wildman–Crippen LogP) is 1.43. The molecule has 6 nitrogen and oxygen atoms in total. The first kappa shape index (κ1) is 12.5. The van der Waals surface area contributed by atoms with Crippen LogP contribution in [0.3, 0.4) is 0 Å². The van der Waals surface area contributed by atoms with Crippen LogP contribution in [0.2, 0.25) is 0 Å². The van der Waals surface area contributed by atoms with Gasteiger partial charge in [-0.3, -0.25) is 14.5 Å². The molecule has 1 saturated heterocycles. The summed E-state index contributed by atoms with van der Waals surface area (Å²) in [4.78, 5) is 26.2. The molecule has 4 atom stereocenters. The van der Waals surface area contributed by atoms with Gasteiger partial charge in [-0.25, -0.2) is 0 Å². The molecule has 5 rings (SSSR count). The first-order valence-corrected chi connectivity index (χ1v) is 7.58. The number of amides is 2. The van der Waals surface area contributed by atoms with E-state index in [4.69, 9.17) is 14.2 Å². The number of ether oxygens (including phenoxy) is 3. The van der Waals surface area contributed by atoms with Crippen molar-refractivity contribution < 1.29 is 23.8 Å². The van der Waals surface area contributed by atoms with Crippen molar-refractivity contribution in [3.63, 3.8) is 0 Å². The topological polar surface area (TPSA) is 68.4 Å². The minimum atomic E-state index is -0.235. The number of epoxide rings is 1. The van der Waals surface area contributed by atoms with Crippen LogP contribution in [-0.4, -0.2) is 41.8 Å². The van der Waals surface area contributed by atoms with E-state index in [-0.39, 0.29) is 42.8 Å². The third-order valence-electron chi connectivity index (χ3n) is 5.16. The Labute approximate surface area is 126 Å². The minimum absolute atomic E-state index is 0.0462. The van der Waals surface area contributed by atoms with E-state index in [1.165, 1.54) is 11.8 Å². The number of hydrogen-bond acceptors (Lipinski definition) is 5. The zero-order chi connectivity index (χ0) is 15.0. The summed E-state index contributed by atoms with van der Waals surface area (Å²) in [6.45, 7) is 1.62.